The van der Waals surface area contributed by atoms with E-state index < -0.39 is 5.97 Å². The number of urea groups is 1. The van der Waals surface area contributed by atoms with Gasteiger partial charge in [0.25, 0.3) is 0 Å². The Morgan fingerprint density at radius 1 is 1.28 bits per heavy atom. The van der Waals surface area contributed by atoms with Gasteiger partial charge >= 0.3 is 12.0 Å². The van der Waals surface area contributed by atoms with Crippen LogP contribution in [0.3, 0.4) is 0 Å². The summed E-state index contributed by atoms with van der Waals surface area (Å²) in [5.74, 6) is 1.07. The van der Waals surface area contributed by atoms with Gasteiger partial charge in [-0.1, -0.05) is 6.07 Å². The van der Waals surface area contributed by atoms with Crippen molar-refractivity contribution >= 4 is 17.7 Å². The number of benzene rings is 1. The van der Waals surface area contributed by atoms with E-state index >= 15 is 0 Å². The summed E-state index contributed by atoms with van der Waals surface area (Å²) in [6, 6.07) is 10.1. The molecule has 1 atom stereocenters. The standard InChI is InChI=1S/C18H20N2O5/c1-12-6-7-15(25-12)16-11-20(8-9-24-16)18(22)19-14-5-3-4-13(10-14)17(21)23-2/h3-7,10,16H,8-9,11H2,1-2H3,(H,19,22)/t16-/m1/s1. The molecule has 132 valence electrons. The van der Waals surface area contributed by atoms with Gasteiger partial charge in [-0.05, 0) is 37.3 Å². The van der Waals surface area contributed by atoms with Gasteiger partial charge in [-0.15, -0.1) is 0 Å². The molecule has 1 aliphatic heterocycles. The summed E-state index contributed by atoms with van der Waals surface area (Å²) in [5, 5.41) is 2.80. The molecule has 0 unspecified atom stereocenters. The third kappa shape index (κ3) is 4.00. The van der Waals surface area contributed by atoms with Crippen LogP contribution < -0.4 is 5.32 Å². The molecule has 1 aromatic heterocycles. The highest BCUT2D eigenvalue weighted by molar-refractivity contribution is 5.93. The fraction of sp³-hybridized carbons (Fsp3) is 0.333. The van der Waals surface area contributed by atoms with Crippen molar-refractivity contribution in [3.63, 3.8) is 0 Å². The minimum Gasteiger partial charge on any atom is -0.465 e. The van der Waals surface area contributed by atoms with E-state index in [1.165, 1.54) is 7.11 Å². The van der Waals surface area contributed by atoms with Gasteiger partial charge in [-0.3, -0.25) is 0 Å². The molecule has 2 heterocycles. The Morgan fingerprint density at radius 2 is 2.12 bits per heavy atom. The monoisotopic (exact) mass is 344 g/mol. The Labute approximate surface area is 145 Å². The lowest BCUT2D eigenvalue weighted by molar-refractivity contribution is -0.0246. The molecule has 0 aliphatic carbocycles. The Bertz CT molecular complexity index is 770. The van der Waals surface area contributed by atoms with E-state index in [0.29, 0.717) is 36.7 Å². The first-order valence-corrected chi connectivity index (χ1v) is 7.99. The SMILES string of the molecule is COC(=O)c1cccc(NC(=O)N2CCO[C@@H](c3ccc(C)o3)C2)c1. The summed E-state index contributed by atoms with van der Waals surface area (Å²) in [5.41, 5.74) is 0.913. The van der Waals surface area contributed by atoms with Gasteiger partial charge in [0.1, 0.15) is 17.6 Å². The average Bonchev–Trinajstić information content (AvgIpc) is 3.08. The molecule has 1 aliphatic rings. The summed E-state index contributed by atoms with van der Waals surface area (Å²) in [6.45, 7) is 3.18. The molecule has 1 saturated heterocycles. The minimum absolute atomic E-state index is 0.251. The predicted molar refractivity (Wildman–Crippen MR) is 90.5 cm³/mol. The second-order valence-corrected chi connectivity index (χ2v) is 5.76. The highest BCUT2D eigenvalue weighted by atomic mass is 16.5. The molecule has 3 rings (SSSR count). The Morgan fingerprint density at radius 3 is 2.84 bits per heavy atom. The van der Waals surface area contributed by atoms with Crippen LogP contribution in [0, 0.1) is 6.92 Å². The molecule has 1 fully saturated rings. The number of amides is 2. The van der Waals surface area contributed by atoms with Gasteiger partial charge in [0, 0.05) is 12.2 Å². The van der Waals surface area contributed by atoms with E-state index in [9.17, 15) is 9.59 Å². The second kappa shape index (κ2) is 7.40. The fourth-order valence-electron chi connectivity index (χ4n) is 2.68. The highest BCUT2D eigenvalue weighted by Gasteiger charge is 2.27. The van der Waals surface area contributed by atoms with E-state index in [2.05, 4.69) is 10.1 Å². The Hall–Kier alpha value is -2.80. The van der Waals surface area contributed by atoms with Crippen molar-refractivity contribution in [1.29, 1.82) is 0 Å². The fourth-order valence-corrected chi connectivity index (χ4v) is 2.68. The van der Waals surface area contributed by atoms with Crippen LogP contribution in [0.5, 0.6) is 0 Å². The first kappa shape index (κ1) is 17.0. The highest BCUT2D eigenvalue weighted by Crippen LogP contribution is 2.24. The van der Waals surface area contributed by atoms with Gasteiger partial charge < -0.3 is 24.1 Å². The number of furan rings is 1. The van der Waals surface area contributed by atoms with Crippen molar-refractivity contribution in [2.75, 3.05) is 32.1 Å². The maximum absolute atomic E-state index is 12.5. The first-order chi connectivity index (χ1) is 12.1. The van der Waals surface area contributed by atoms with Crippen molar-refractivity contribution in [2.45, 2.75) is 13.0 Å². The van der Waals surface area contributed by atoms with Crippen molar-refractivity contribution < 1.29 is 23.5 Å². The summed E-state index contributed by atoms with van der Waals surface area (Å²) in [4.78, 5) is 25.8. The lowest BCUT2D eigenvalue weighted by atomic mass is 10.2. The predicted octanol–water partition coefficient (Wildman–Crippen LogP) is 2.98. The lowest BCUT2D eigenvalue weighted by Gasteiger charge is -2.32. The molecule has 7 nitrogen and oxygen atoms in total. The number of methoxy groups -OCH3 is 1. The number of ether oxygens (including phenoxy) is 2. The van der Waals surface area contributed by atoms with Crippen molar-refractivity contribution in [3.8, 4) is 0 Å². The number of nitrogens with one attached hydrogen (secondary N) is 1. The maximum Gasteiger partial charge on any atom is 0.337 e. The van der Waals surface area contributed by atoms with Gasteiger partial charge in [0.2, 0.25) is 0 Å². The van der Waals surface area contributed by atoms with Crippen LogP contribution in [0.4, 0.5) is 10.5 Å². The number of hydrogen-bond donors (Lipinski definition) is 1. The molecule has 2 aromatic rings. The van der Waals surface area contributed by atoms with E-state index in [1.54, 1.807) is 29.2 Å². The summed E-state index contributed by atoms with van der Waals surface area (Å²) in [6.07, 6.45) is -0.283. The number of esters is 1. The second-order valence-electron chi connectivity index (χ2n) is 5.76. The lowest BCUT2D eigenvalue weighted by Crippen LogP contribution is -2.44. The van der Waals surface area contributed by atoms with Crippen LogP contribution >= 0.6 is 0 Å². The number of hydrogen-bond acceptors (Lipinski definition) is 5. The number of anilines is 1. The molecule has 2 amide bonds. The van der Waals surface area contributed by atoms with E-state index in [4.69, 9.17) is 9.15 Å². The molecule has 0 radical (unpaired) electrons. The number of carbonyl (C=O) groups excluding carboxylic acids is 2. The number of rotatable bonds is 3. The van der Waals surface area contributed by atoms with Crippen LogP contribution in [0.15, 0.2) is 40.8 Å². The number of nitrogens with zero attached hydrogens (tertiary/aromatic N) is 1. The van der Waals surface area contributed by atoms with Crippen molar-refractivity contribution in [3.05, 3.63) is 53.5 Å². The van der Waals surface area contributed by atoms with Gasteiger partial charge in [-0.25, -0.2) is 9.59 Å². The Balaban J connectivity index is 1.65. The van der Waals surface area contributed by atoms with E-state index in [1.807, 2.05) is 19.1 Å². The third-order valence-electron chi connectivity index (χ3n) is 3.97. The number of morpholine rings is 1. The van der Waals surface area contributed by atoms with E-state index in [0.717, 1.165) is 5.76 Å². The van der Waals surface area contributed by atoms with Crippen molar-refractivity contribution in [1.82, 2.24) is 4.90 Å². The summed E-state index contributed by atoms with van der Waals surface area (Å²) >= 11 is 0. The van der Waals surface area contributed by atoms with Crippen molar-refractivity contribution in [2.24, 2.45) is 0 Å². The molecule has 1 aromatic carbocycles. The Kier molecular flexibility index (Phi) is 5.04. The number of carbonyl (C=O) groups is 2. The van der Waals surface area contributed by atoms with Crippen LogP contribution in [0.1, 0.15) is 28.0 Å². The molecular weight excluding hydrogens is 324 g/mol. The molecule has 0 saturated carbocycles. The summed E-state index contributed by atoms with van der Waals surface area (Å²) < 4.78 is 16.0. The van der Waals surface area contributed by atoms with Gasteiger partial charge in [0.15, 0.2) is 0 Å². The normalized spacial score (nSPS) is 17.2. The topological polar surface area (TPSA) is 81.0 Å². The third-order valence-corrected chi connectivity index (χ3v) is 3.97. The molecule has 1 N–H and O–H groups in total. The molecule has 25 heavy (non-hydrogen) atoms. The number of aryl methyl sites for hydroxylation is 1. The average molecular weight is 344 g/mol. The minimum atomic E-state index is -0.448. The van der Waals surface area contributed by atoms with Crippen LogP contribution in [-0.4, -0.2) is 43.7 Å². The zero-order valence-electron chi connectivity index (χ0n) is 14.2. The quantitative estimate of drug-likeness (QED) is 0.866. The van der Waals surface area contributed by atoms with Gasteiger partial charge in [0.05, 0.1) is 25.8 Å². The zero-order chi connectivity index (χ0) is 17.8. The van der Waals surface area contributed by atoms with Crippen LogP contribution in [0.2, 0.25) is 0 Å². The molecule has 7 heteroatoms. The summed E-state index contributed by atoms with van der Waals surface area (Å²) in [7, 11) is 1.32. The largest absolute Gasteiger partial charge is 0.465 e. The van der Waals surface area contributed by atoms with E-state index in [-0.39, 0.29) is 12.1 Å². The van der Waals surface area contributed by atoms with Gasteiger partial charge in [-0.2, -0.15) is 0 Å². The molecule has 0 bridgehead atoms. The van der Waals surface area contributed by atoms with Crippen LogP contribution in [0.25, 0.3) is 0 Å². The zero-order valence-corrected chi connectivity index (χ0v) is 14.2. The molecular formula is C18H20N2O5. The first-order valence-electron chi connectivity index (χ1n) is 7.99. The maximum atomic E-state index is 12.5. The smallest absolute Gasteiger partial charge is 0.337 e. The molecule has 0 spiro atoms. The van der Waals surface area contributed by atoms with Crippen LogP contribution in [-0.2, 0) is 9.47 Å².